The van der Waals surface area contributed by atoms with E-state index in [4.69, 9.17) is 18.9 Å². The first-order valence-corrected chi connectivity index (χ1v) is 18.9. The average molecular weight is 781 g/mol. The van der Waals surface area contributed by atoms with E-state index in [0.29, 0.717) is 0 Å². The van der Waals surface area contributed by atoms with Crippen molar-refractivity contribution in [1.82, 2.24) is 10.6 Å². The largest absolute Gasteiger partial charge is 0.480 e. The Bertz CT molecular complexity index is 1980. The van der Waals surface area contributed by atoms with Gasteiger partial charge in [-0.3, -0.25) is 0 Å². The third-order valence-electron chi connectivity index (χ3n) is 9.51. The summed E-state index contributed by atoms with van der Waals surface area (Å²) >= 11 is 0. The van der Waals surface area contributed by atoms with Gasteiger partial charge in [-0.05, 0) is 93.0 Å². The number of nitrogens with one attached hydrogen (secondary N) is 2. The van der Waals surface area contributed by atoms with Crippen LogP contribution >= 0.6 is 0 Å². The summed E-state index contributed by atoms with van der Waals surface area (Å²) in [6.45, 7) is 12.7. The van der Waals surface area contributed by atoms with E-state index in [1.165, 1.54) is 0 Å². The molecule has 0 unspecified atom stereocenters. The van der Waals surface area contributed by atoms with Gasteiger partial charge in [0, 0.05) is 11.8 Å². The minimum atomic E-state index is -1.20. The van der Waals surface area contributed by atoms with Crippen LogP contribution in [0.15, 0.2) is 97.1 Å². The van der Waals surface area contributed by atoms with Crippen molar-refractivity contribution in [2.45, 2.75) is 89.7 Å². The van der Waals surface area contributed by atoms with E-state index in [1.54, 1.807) is 6.92 Å². The Morgan fingerprint density at radius 1 is 0.579 bits per heavy atom. The number of ether oxygens (including phenoxy) is 4. The molecule has 12 nitrogen and oxygen atoms in total. The van der Waals surface area contributed by atoms with Crippen LogP contribution in [-0.4, -0.2) is 83.5 Å². The molecular weight excluding hydrogens is 728 g/mol. The molecule has 0 radical (unpaired) electrons. The van der Waals surface area contributed by atoms with Gasteiger partial charge in [-0.2, -0.15) is 0 Å². The van der Waals surface area contributed by atoms with Gasteiger partial charge in [0.25, 0.3) is 0 Å². The van der Waals surface area contributed by atoms with E-state index in [0.717, 1.165) is 44.5 Å². The fourth-order valence-electron chi connectivity index (χ4n) is 7.06. The molecule has 302 valence electrons. The lowest BCUT2D eigenvalue weighted by Crippen LogP contribution is -2.50. The van der Waals surface area contributed by atoms with Gasteiger partial charge < -0.3 is 39.8 Å². The minimum absolute atomic E-state index is 0.0766. The molecule has 0 heterocycles. The van der Waals surface area contributed by atoms with Crippen molar-refractivity contribution < 1.29 is 48.3 Å². The molecule has 2 aliphatic carbocycles. The number of carboxylic acid groups (broad SMARTS) is 2. The van der Waals surface area contributed by atoms with Crippen LogP contribution < -0.4 is 10.6 Å². The molecule has 4 aromatic rings. The summed E-state index contributed by atoms with van der Waals surface area (Å²) in [6.07, 6.45) is -2.26. The number of aliphatic carboxylic acids is 2. The van der Waals surface area contributed by atoms with Gasteiger partial charge in [-0.25, -0.2) is 19.2 Å². The molecule has 57 heavy (non-hydrogen) atoms. The summed E-state index contributed by atoms with van der Waals surface area (Å²) in [5, 5.41) is 23.6. The number of hydrogen-bond donors (Lipinski definition) is 4. The molecule has 0 saturated carbocycles. The SMILES string of the molecule is CC(C)(C)OC[C@H](NC(=O)OCC1c2ccccc2-c2ccccc21)C(=O)O.C[C@@H](OC(C)(C)C)[C@H](NC(=O)OCC1c2ccccc2-c2ccccc21)C(=O)O. The quantitative estimate of drug-likeness (QED) is 0.111. The van der Waals surface area contributed by atoms with Crippen molar-refractivity contribution in [3.05, 3.63) is 119 Å². The molecule has 3 atom stereocenters. The highest BCUT2D eigenvalue weighted by atomic mass is 16.6. The standard InChI is InChI=1S/C23H27NO5.C22H25NO5/c1-14(29-23(2,3)4)20(21(25)26)24-22(27)28-13-19-17-11-7-5-9-15(17)16-10-6-8-12-18(16)19;1-22(2,3)28-13-19(20(24)25)23-21(26)27-12-18-16-10-6-4-8-14(16)15-9-5-7-11-17(15)18/h5-12,14,19-20H,13H2,1-4H3,(H,24,27)(H,25,26);4-11,18-19H,12-13H2,1-3H3,(H,23,26)(H,24,25)/t14-,20+;19-/m10/s1. The molecule has 0 fully saturated rings. The van der Waals surface area contributed by atoms with Gasteiger partial charge in [0.05, 0.1) is 23.9 Å². The fraction of sp³-hybridized carbons (Fsp3) is 0.378. The van der Waals surface area contributed by atoms with Gasteiger partial charge in [0.1, 0.15) is 13.2 Å². The zero-order valence-corrected chi connectivity index (χ0v) is 33.4. The lowest BCUT2D eigenvalue weighted by Gasteiger charge is -2.29. The van der Waals surface area contributed by atoms with Crippen LogP contribution in [0.25, 0.3) is 22.3 Å². The first-order valence-electron chi connectivity index (χ1n) is 18.9. The Balaban J connectivity index is 0.000000218. The first-order chi connectivity index (χ1) is 26.9. The Labute approximate surface area is 333 Å². The minimum Gasteiger partial charge on any atom is -0.480 e. The fourth-order valence-corrected chi connectivity index (χ4v) is 7.06. The van der Waals surface area contributed by atoms with Gasteiger partial charge in [-0.1, -0.05) is 97.1 Å². The second-order valence-corrected chi connectivity index (χ2v) is 16.0. The first kappa shape index (κ1) is 42.4. The van der Waals surface area contributed by atoms with Crippen molar-refractivity contribution in [2.75, 3.05) is 19.8 Å². The van der Waals surface area contributed by atoms with Gasteiger partial charge in [0.2, 0.25) is 0 Å². The van der Waals surface area contributed by atoms with Crippen LogP contribution in [0.1, 0.15) is 82.6 Å². The van der Waals surface area contributed by atoms with E-state index in [9.17, 15) is 29.4 Å². The highest BCUT2D eigenvalue weighted by Crippen LogP contribution is 2.45. The molecule has 2 amide bonds. The summed E-state index contributed by atoms with van der Waals surface area (Å²) in [4.78, 5) is 47.6. The maximum absolute atomic E-state index is 12.4. The zero-order valence-electron chi connectivity index (χ0n) is 33.4. The molecular formula is C45H52N2O10. The lowest BCUT2D eigenvalue weighted by atomic mass is 9.98. The third-order valence-corrected chi connectivity index (χ3v) is 9.51. The van der Waals surface area contributed by atoms with E-state index in [1.807, 2.05) is 114 Å². The maximum Gasteiger partial charge on any atom is 0.407 e. The number of carboxylic acids is 2. The monoisotopic (exact) mass is 780 g/mol. The predicted octanol–water partition coefficient (Wildman–Crippen LogP) is 7.98. The molecule has 0 aliphatic heterocycles. The number of fused-ring (bicyclic) bond motifs is 6. The maximum atomic E-state index is 12.4. The van der Waals surface area contributed by atoms with Crippen molar-refractivity contribution in [2.24, 2.45) is 0 Å². The summed E-state index contributed by atoms with van der Waals surface area (Å²) < 4.78 is 22.0. The third kappa shape index (κ3) is 11.0. The van der Waals surface area contributed by atoms with Crippen molar-refractivity contribution in [3.8, 4) is 22.3 Å². The van der Waals surface area contributed by atoms with Crippen LogP contribution in [0.4, 0.5) is 9.59 Å². The lowest BCUT2D eigenvalue weighted by molar-refractivity contribution is -0.147. The Kier molecular flexibility index (Phi) is 13.4. The second kappa shape index (κ2) is 18.0. The number of benzene rings is 4. The number of carbonyl (C=O) groups excluding carboxylic acids is 2. The summed E-state index contributed by atoms with van der Waals surface area (Å²) in [5.41, 5.74) is 7.89. The number of carbonyl (C=O) groups is 4. The predicted molar refractivity (Wildman–Crippen MR) is 215 cm³/mol. The van der Waals surface area contributed by atoms with Gasteiger partial charge in [0.15, 0.2) is 12.1 Å². The average Bonchev–Trinajstić information content (AvgIpc) is 3.65. The number of amides is 2. The molecule has 12 heteroatoms. The van der Waals surface area contributed by atoms with Crippen molar-refractivity contribution in [1.29, 1.82) is 0 Å². The Hall–Kier alpha value is -5.72. The summed E-state index contributed by atoms with van der Waals surface area (Å²) in [5.74, 6) is -2.50. The molecule has 0 bridgehead atoms. The Morgan fingerprint density at radius 2 is 0.947 bits per heavy atom. The van der Waals surface area contributed by atoms with Gasteiger partial charge in [-0.15, -0.1) is 0 Å². The second-order valence-electron chi connectivity index (χ2n) is 16.0. The highest BCUT2D eigenvalue weighted by Gasteiger charge is 2.34. The van der Waals surface area contributed by atoms with Crippen LogP contribution in [0.3, 0.4) is 0 Å². The van der Waals surface area contributed by atoms with Crippen LogP contribution in [0.5, 0.6) is 0 Å². The molecule has 4 N–H and O–H groups in total. The summed E-state index contributed by atoms with van der Waals surface area (Å²) in [7, 11) is 0. The number of hydrogen-bond acceptors (Lipinski definition) is 8. The zero-order chi connectivity index (χ0) is 41.5. The molecule has 0 aromatic heterocycles. The smallest absolute Gasteiger partial charge is 0.407 e. The Morgan fingerprint density at radius 3 is 1.28 bits per heavy atom. The summed E-state index contributed by atoms with van der Waals surface area (Å²) in [6, 6.07) is 29.7. The number of alkyl carbamates (subject to hydrolysis) is 2. The topological polar surface area (TPSA) is 170 Å². The number of rotatable bonds is 12. The van der Waals surface area contributed by atoms with E-state index in [2.05, 4.69) is 34.9 Å². The molecule has 0 saturated heterocycles. The van der Waals surface area contributed by atoms with Crippen molar-refractivity contribution >= 4 is 24.1 Å². The van der Waals surface area contributed by atoms with E-state index < -0.39 is 53.5 Å². The normalized spacial score (nSPS) is 14.6. The molecule has 2 aliphatic rings. The van der Waals surface area contributed by atoms with Crippen LogP contribution in [0.2, 0.25) is 0 Å². The van der Waals surface area contributed by atoms with Crippen molar-refractivity contribution in [3.63, 3.8) is 0 Å². The van der Waals surface area contributed by atoms with E-state index in [-0.39, 0.29) is 31.7 Å². The van der Waals surface area contributed by atoms with Gasteiger partial charge >= 0.3 is 24.1 Å². The molecule has 0 spiro atoms. The highest BCUT2D eigenvalue weighted by molar-refractivity contribution is 5.82. The van der Waals surface area contributed by atoms with E-state index >= 15 is 0 Å². The molecule has 6 rings (SSSR count). The van der Waals surface area contributed by atoms with Crippen LogP contribution in [-0.2, 0) is 28.5 Å². The molecule has 4 aromatic carbocycles. The van der Waals surface area contributed by atoms with Crippen LogP contribution in [0, 0.1) is 0 Å².